The van der Waals surface area contributed by atoms with E-state index in [0.29, 0.717) is 22.3 Å². The van der Waals surface area contributed by atoms with Crippen molar-refractivity contribution in [3.63, 3.8) is 0 Å². The molecule has 8 nitrogen and oxygen atoms in total. The van der Waals surface area contributed by atoms with Gasteiger partial charge < -0.3 is 24.5 Å². The van der Waals surface area contributed by atoms with Crippen LogP contribution in [0.3, 0.4) is 0 Å². The zero-order valence-electron chi connectivity index (χ0n) is 17.9. The van der Waals surface area contributed by atoms with Crippen LogP contribution in [-0.2, 0) is 6.42 Å². The minimum Gasteiger partial charge on any atom is -0.455 e. The molecule has 0 fully saturated rings. The summed E-state index contributed by atoms with van der Waals surface area (Å²) in [6.07, 6.45) is 2.39. The third kappa shape index (κ3) is 4.40. The second-order valence-electron chi connectivity index (χ2n) is 7.72. The lowest BCUT2D eigenvalue weighted by Crippen LogP contribution is -2.26. The van der Waals surface area contributed by atoms with Gasteiger partial charge in [0.2, 0.25) is 6.79 Å². The number of rotatable bonds is 4. The first-order valence-corrected chi connectivity index (χ1v) is 11.0. The first-order chi connectivity index (χ1) is 16.1. The number of amides is 1. The van der Waals surface area contributed by atoms with E-state index in [-0.39, 0.29) is 18.5 Å². The van der Waals surface area contributed by atoms with Gasteiger partial charge in [-0.15, -0.1) is 0 Å². The fraction of sp³-hybridized carbons (Fsp3) is 0.208. The number of para-hydroxylation sites is 1. The molecule has 2 aromatic carbocycles. The molecule has 1 aromatic heterocycles. The van der Waals surface area contributed by atoms with Gasteiger partial charge >= 0.3 is 0 Å². The number of carbonyl (C=O) groups excluding carboxylic acids is 1. The van der Waals surface area contributed by atoms with Crippen LogP contribution < -0.4 is 25.5 Å². The average Bonchev–Trinajstić information content (AvgIpc) is 3.42. The molecule has 0 saturated carbocycles. The molecule has 0 spiro atoms. The molecule has 1 amide bonds. The number of nitrogens with one attached hydrogen (secondary N) is 3. The summed E-state index contributed by atoms with van der Waals surface area (Å²) in [6.45, 7) is 2.05. The van der Waals surface area contributed by atoms with Crippen LogP contribution in [0.25, 0.3) is 0 Å². The Balaban J connectivity index is 1.32. The highest BCUT2D eigenvalue weighted by Crippen LogP contribution is 2.35. The van der Waals surface area contributed by atoms with Gasteiger partial charge in [-0.2, -0.15) is 5.10 Å². The molecular formula is C24H22N4O4S. The Labute approximate surface area is 196 Å². The number of thiocarbonyl (C=S) groups is 1. The highest BCUT2D eigenvalue weighted by Gasteiger charge is 2.28. The molecule has 168 valence electrons. The van der Waals surface area contributed by atoms with Gasteiger partial charge in [0.25, 0.3) is 5.91 Å². The number of aryl methyl sites for hydroxylation is 1. The van der Waals surface area contributed by atoms with Gasteiger partial charge in [-0.05, 0) is 56.2 Å². The number of hydrogen-bond acceptors (Lipinski definition) is 6. The maximum Gasteiger partial charge on any atom is 0.291 e. The summed E-state index contributed by atoms with van der Waals surface area (Å²) in [5.74, 6) is 1.97. The van der Waals surface area contributed by atoms with Crippen molar-refractivity contribution in [1.29, 1.82) is 0 Å². The standard InChI is InChI=1S/C24H22N4O4S/c1-14-21-17(27-28-24(33)26-15-6-3-2-4-7-15)8-5-9-19(21)32-22(14)23(29)25-16-10-11-18-20(12-16)31-13-30-18/h2-4,6-7,10-12H,5,8-9,13H2,1H3,(H,25,29)(H2,26,28,33)/b27-17+. The van der Waals surface area contributed by atoms with Gasteiger partial charge in [0, 0.05) is 35.0 Å². The van der Waals surface area contributed by atoms with Gasteiger partial charge in [-0.3, -0.25) is 10.2 Å². The third-order valence-electron chi connectivity index (χ3n) is 5.49. The Morgan fingerprint density at radius 1 is 1.00 bits per heavy atom. The summed E-state index contributed by atoms with van der Waals surface area (Å²) in [5, 5.41) is 10.9. The van der Waals surface area contributed by atoms with Gasteiger partial charge in [-0.25, -0.2) is 0 Å². The van der Waals surface area contributed by atoms with Crippen LogP contribution in [0, 0.1) is 6.92 Å². The first kappa shape index (κ1) is 21.0. The van der Waals surface area contributed by atoms with E-state index in [2.05, 4.69) is 21.2 Å². The van der Waals surface area contributed by atoms with E-state index in [1.807, 2.05) is 37.3 Å². The molecule has 3 aromatic rings. The van der Waals surface area contributed by atoms with Crippen LogP contribution in [0.4, 0.5) is 11.4 Å². The highest BCUT2D eigenvalue weighted by atomic mass is 32.1. The summed E-state index contributed by atoms with van der Waals surface area (Å²) in [7, 11) is 0. The highest BCUT2D eigenvalue weighted by molar-refractivity contribution is 7.80. The van der Waals surface area contributed by atoms with E-state index in [0.717, 1.165) is 47.5 Å². The van der Waals surface area contributed by atoms with E-state index in [1.165, 1.54) is 0 Å². The lowest BCUT2D eigenvalue weighted by atomic mass is 9.93. The predicted molar refractivity (Wildman–Crippen MR) is 129 cm³/mol. The minimum atomic E-state index is -0.325. The van der Waals surface area contributed by atoms with Gasteiger partial charge in [0.15, 0.2) is 22.4 Å². The lowest BCUT2D eigenvalue weighted by Gasteiger charge is -2.14. The minimum absolute atomic E-state index is 0.178. The van der Waals surface area contributed by atoms with E-state index in [4.69, 9.17) is 26.1 Å². The van der Waals surface area contributed by atoms with E-state index >= 15 is 0 Å². The van der Waals surface area contributed by atoms with Crippen molar-refractivity contribution in [3.8, 4) is 11.5 Å². The van der Waals surface area contributed by atoms with Crippen molar-refractivity contribution < 1.29 is 18.7 Å². The number of fused-ring (bicyclic) bond motifs is 2. The van der Waals surface area contributed by atoms with Crippen molar-refractivity contribution in [2.24, 2.45) is 5.10 Å². The monoisotopic (exact) mass is 462 g/mol. The molecule has 0 radical (unpaired) electrons. The Hall–Kier alpha value is -3.85. The SMILES string of the molecule is Cc1c(C(=O)Nc2ccc3c(c2)OCO3)oc2c1/C(=N/NC(=S)Nc1ccccc1)CCC2. The maximum absolute atomic E-state index is 13.0. The largest absolute Gasteiger partial charge is 0.455 e. The number of furan rings is 1. The van der Waals surface area contributed by atoms with Crippen molar-refractivity contribution in [3.05, 3.63) is 71.2 Å². The van der Waals surface area contributed by atoms with Crippen LogP contribution in [-0.4, -0.2) is 23.5 Å². The second kappa shape index (κ2) is 8.95. The molecule has 9 heteroatoms. The predicted octanol–water partition coefficient (Wildman–Crippen LogP) is 4.60. The molecule has 1 aliphatic heterocycles. The van der Waals surface area contributed by atoms with Gasteiger partial charge in [0.05, 0.1) is 5.71 Å². The van der Waals surface area contributed by atoms with E-state index < -0.39 is 0 Å². The molecule has 33 heavy (non-hydrogen) atoms. The molecule has 1 aliphatic carbocycles. The summed E-state index contributed by atoms with van der Waals surface area (Å²) in [5.41, 5.74) is 6.83. The number of benzene rings is 2. The summed E-state index contributed by atoms with van der Waals surface area (Å²) < 4.78 is 16.7. The first-order valence-electron chi connectivity index (χ1n) is 10.6. The molecule has 0 bridgehead atoms. The molecule has 5 rings (SSSR count). The van der Waals surface area contributed by atoms with E-state index in [1.54, 1.807) is 18.2 Å². The summed E-state index contributed by atoms with van der Waals surface area (Å²) in [6, 6.07) is 14.9. The van der Waals surface area contributed by atoms with Crippen LogP contribution in [0.15, 0.2) is 58.0 Å². The summed E-state index contributed by atoms with van der Waals surface area (Å²) >= 11 is 5.35. The Bertz CT molecular complexity index is 1250. The van der Waals surface area contributed by atoms with Gasteiger partial charge in [0.1, 0.15) is 5.76 Å². The molecule has 2 aliphatic rings. The van der Waals surface area contributed by atoms with Crippen molar-refractivity contribution in [1.82, 2.24) is 5.43 Å². The molecular weight excluding hydrogens is 440 g/mol. The fourth-order valence-corrected chi connectivity index (χ4v) is 4.12. The van der Waals surface area contributed by atoms with Gasteiger partial charge in [-0.1, -0.05) is 18.2 Å². The molecule has 0 saturated heterocycles. The molecule has 2 heterocycles. The van der Waals surface area contributed by atoms with E-state index in [9.17, 15) is 4.79 Å². The normalized spacial score (nSPS) is 15.1. The number of hydrogen-bond donors (Lipinski definition) is 3. The third-order valence-corrected chi connectivity index (χ3v) is 5.68. The number of carbonyl (C=O) groups is 1. The van der Waals surface area contributed by atoms with Crippen LogP contribution in [0.1, 0.15) is 40.3 Å². The van der Waals surface area contributed by atoms with Crippen LogP contribution in [0.2, 0.25) is 0 Å². The second-order valence-corrected chi connectivity index (χ2v) is 8.13. The van der Waals surface area contributed by atoms with Crippen molar-refractivity contribution in [2.45, 2.75) is 26.2 Å². The number of nitrogens with zero attached hydrogens (tertiary/aromatic N) is 1. The zero-order valence-corrected chi connectivity index (χ0v) is 18.8. The topological polar surface area (TPSA) is 97.1 Å². The average molecular weight is 463 g/mol. The molecule has 0 atom stereocenters. The number of ether oxygens (including phenoxy) is 2. The smallest absolute Gasteiger partial charge is 0.291 e. The van der Waals surface area contributed by atoms with Crippen molar-refractivity contribution in [2.75, 3.05) is 17.4 Å². The Morgan fingerprint density at radius 2 is 1.82 bits per heavy atom. The van der Waals surface area contributed by atoms with Crippen LogP contribution >= 0.6 is 12.2 Å². The zero-order chi connectivity index (χ0) is 22.8. The number of hydrazone groups is 1. The number of anilines is 2. The Kier molecular flexibility index (Phi) is 5.70. The van der Waals surface area contributed by atoms with Crippen LogP contribution in [0.5, 0.6) is 11.5 Å². The molecule has 3 N–H and O–H groups in total. The molecule has 0 unspecified atom stereocenters. The van der Waals surface area contributed by atoms with Crippen molar-refractivity contribution >= 4 is 40.3 Å². The quantitative estimate of drug-likeness (QED) is 0.385. The Morgan fingerprint density at radius 3 is 2.67 bits per heavy atom. The lowest BCUT2D eigenvalue weighted by molar-refractivity contribution is 0.0994. The fourth-order valence-electron chi connectivity index (χ4n) is 3.96. The summed E-state index contributed by atoms with van der Waals surface area (Å²) in [4.78, 5) is 13.0. The maximum atomic E-state index is 13.0.